The molecule has 2 rings (SSSR count). The van der Waals surface area contributed by atoms with E-state index in [9.17, 15) is 0 Å². The van der Waals surface area contributed by atoms with Crippen LogP contribution in [0.15, 0.2) is 12.4 Å². The maximum Gasteiger partial charge on any atom is 0.238 e. The number of anilines is 1. The van der Waals surface area contributed by atoms with E-state index in [1.54, 1.807) is 16.9 Å². The Kier molecular flexibility index (Phi) is 1.65. The maximum atomic E-state index is 5.48. The van der Waals surface area contributed by atoms with Crippen molar-refractivity contribution in [2.24, 2.45) is 0 Å². The normalized spacial score (nSPS) is 11.3. The molecule has 0 aromatic carbocycles. The zero-order valence-electron chi connectivity index (χ0n) is 7.60. The summed E-state index contributed by atoms with van der Waals surface area (Å²) in [6.45, 7) is 4.17. The third kappa shape index (κ3) is 1.22. The van der Waals surface area contributed by atoms with Gasteiger partial charge in [0.2, 0.25) is 5.95 Å². The number of fused-ring (bicyclic) bond motifs is 1. The number of imidazole rings is 1. The molecule has 0 fully saturated rings. The first-order valence-electron chi connectivity index (χ1n) is 4.14. The standard InChI is InChI=1S/C8H11N5/c1-5(2)6-3-10-7-4-11-8(9)12-13(6)7/h3-5H,1-2H3,(H2,9,12). The Morgan fingerprint density at radius 3 is 2.77 bits per heavy atom. The number of aromatic nitrogens is 4. The van der Waals surface area contributed by atoms with E-state index >= 15 is 0 Å². The summed E-state index contributed by atoms with van der Waals surface area (Å²) in [5, 5.41) is 4.08. The number of nitrogens with two attached hydrogens (primary N) is 1. The highest BCUT2D eigenvalue weighted by atomic mass is 15.3. The molecule has 0 aliphatic carbocycles. The Morgan fingerprint density at radius 2 is 2.08 bits per heavy atom. The molecule has 68 valence electrons. The van der Waals surface area contributed by atoms with E-state index in [0.29, 0.717) is 5.92 Å². The lowest BCUT2D eigenvalue weighted by atomic mass is 10.2. The molecule has 0 unspecified atom stereocenters. The Balaban J connectivity index is 2.71. The molecule has 0 atom stereocenters. The summed E-state index contributed by atoms with van der Waals surface area (Å²) in [5.41, 5.74) is 7.26. The number of nitrogens with zero attached hydrogens (tertiary/aromatic N) is 4. The van der Waals surface area contributed by atoms with Crippen molar-refractivity contribution in [3.8, 4) is 0 Å². The third-order valence-electron chi connectivity index (χ3n) is 1.90. The lowest BCUT2D eigenvalue weighted by Crippen LogP contribution is -2.04. The summed E-state index contributed by atoms with van der Waals surface area (Å²) < 4.78 is 1.73. The van der Waals surface area contributed by atoms with E-state index in [0.717, 1.165) is 11.3 Å². The second-order valence-corrected chi connectivity index (χ2v) is 3.22. The van der Waals surface area contributed by atoms with Crippen molar-refractivity contribution in [2.75, 3.05) is 5.73 Å². The molecule has 2 aromatic heterocycles. The summed E-state index contributed by atoms with van der Waals surface area (Å²) >= 11 is 0. The summed E-state index contributed by atoms with van der Waals surface area (Å²) in [4.78, 5) is 8.03. The second-order valence-electron chi connectivity index (χ2n) is 3.22. The van der Waals surface area contributed by atoms with Gasteiger partial charge in [-0.2, -0.15) is 0 Å². The van der Waals surface area contributed by atoms with Gasteiger partial charge in [-0.25, -0.2) is 14.5 Å². The van der Waals surface area contributed by atoms with Gasteiger partial charge in [0.25, 0.3) is 0 Å². The third-order valence-corrected chi connectivity index (χ3v) is 1.90. The van der Waals surface area contributed by atoms with Gasteiger partial charge in [-0.1, -0.05) is 13.8 Å². The first-order valence-corrected chi connectivity index (χ1v) is 4.14. The molecule has 0 bridgehead atoms. The average Bonchev–Trinajstić information content (AvgIpc) is 2.46. The van der Waals surface area contributed by atoms with Crippen molar-refractivity contribution in [1.29, 1.82) is 0 Å². The topological polar surface area (TPSA) is 69.1 Å². The Labute approximate surface area is 75.6 Å². The fourth-order valence-corrected chi connectivity index (χ4v) is 1.22. The Hall–Kier alpha value is -1.65. The van der Waals surface area contributed by atoms with Crippen LogP contribution in [-0.2, 0) is 0 Å². The van der Waals surface area contributed by atoms with Crippen molar-refractivity contribution in [2.45, 2.75) is 19.8 Å². The molecule has 0 radical (unpaired) electrons. The summed E-state index contributed by atoms with van der Waals surface area (Å²) in [7, 11) is 0. The molecule has 0 aliphatic heterocycles. The van der Waals surface area contributed by atoms with Crippen molar-refractivity contribution in [3.05, 3.63) is 18.1 Å². The smallest absolute Gasteiger partial charge is 0.238 e. The molecule has 13 heavy (non-hydrogen) atoms. The van der Waals surface area contributed by atoms with Gasteiger partial charge in [-0.15, -0.1) is 5.10 Å². The van der Waals surface area contributed by atoms with Crippen LogP contribution in [0.2, 0.25) is 0 Å². The van der Waals surface area contributed by atoms with Gasteiger partial charge in [0, 0.05) is 0 Å². The van der Waals surface area contributed by atoms with Crippen molar-refractivity contribution in [1.82, 2.24) is 19.6 Å². The minimum atomic E-state index is 0.271. The van der Waals surface area contributed by atoms with E-state index in [-0.39, 0.29) is 5.95 Å². The van der Waals surface area contributed by atoms with Crippen LogP contribution in [0, 0.1) is 0 Å². The molecule has 2 aromatic rings. The van der Waals surface area contributed by atoms with Gasteiger partial charge in [-0.05, 0) is 5.92 Å². The summed E-state index contributed by atoms with van der Waals surface area (Å²) in [5.74, 6) is 0.650. The largest absolute Gasteiger partial charge is 0.367 e. The molecule has 0 spiro atoms. The molecule has 2 heterocycles. The van der Waals surface area contributed by atoms with Crippen LogP contribution in [0.3, 0.4) is 0 Å². The fourth-order valence-electron chi connectivity index (χ4n) is 1.22. The van der Waals surface area contributed by atoms with Crippen LogP contribution in [0.5, 0.6) is 0 Å². The molecule has 2 N–H and O–H groups in total. The molecule has 0 saturated carbocycles. The fraction of sp³-hybridized carbons (Fsp3) is 0.375. The molecular weight excluding hydrogens is 166 g/mol. The van der Waals surface area contributed by atoms with E-state index in [2.05, 4.69) is 28.9 Å². The van der Waals surface area contributed by atoms with Crippen molar-refractivity contribution in [3.63, 3.8) is 0 Å². The van der Waals surface area contributed by atoms with Crippen LogP contribution >= 0.6 is 0 Å². The summed E-state index contributed by atoms with van der Waals surface area (Å²) in [6.07, 6.45) is 3.42. The number of rotatable bonds is 1. The van der Waals surface area contributed by atoms with Crippen LogP contribution in [0.25, 0.3) is 5.65 Å². The van der Waals surface area contributed by atoms with Gasteiger partial charge < -0.3 is 5.73 Å². The highest BCUT2D eigenvalue weighted by Crippen LogP contribution is 2.14. The SMILES string of the molecule is CC(C)c1cnc2cnc(N)nn12. The summed E-state index contributed by atoms with van der Waals surface area (Å²) in [6, 6.07) is 0. The zero-order chi connectivity index (χ0) is 9.42. The Morgan fingerprint density at radius 1 is 1.31 bits per heavy atom. The highest BCUT2D eigenvalue weighted by Gasteiger charge is 2.08. The number of nitrogen functional groups attached to an aromatic ring is 1. The van der Waals surface area contributed by atoms with E-state index in [4.69, 9.17) is 5.73 Å². The van der Waals surface area contributed by atoms with Gasteiger partial charge >= 0.3 is 0 Å². The minimum Gasteiger partial charge on any atom is -0.367 e. The average molecular weight is 177 g/mol. The zero-order valence-corrected chi connectivity index (χ0v) is 7.60. The van der Waals surface area contributed by atoms with Crippen LogP contribution in [0.1, 0.15) is 25.5 Å². The quantitative estimate of drug-likeness (QED) is 0.700. The molecule has 0 amide bonds. The van der Waals surface area contributed by atoms with E-state index < -0.39 is 0 Å². The van der Waals surface area contributed by atoms with Crippen LogP contribution in [0.4, 0.5) is 5.95 Å². The van der Waals surface area contributed by atoms with Crippen LogP contribution < -0.4 is 5.73 Å². The first-order chi connectivity index (χ1) is 6.18. The van der Waals surface area contributed by atoms with E-state index in [1.807, 2.05) is 0 Å². The lowest BCUT2D eigenvalue weighted by molar-refractivity contribution is 0.755. The van der Waals surface area contributed by atoms with Crippen molar-refractivity contribution >= 4 is 11.6 Å². The molecule has 5 nitrogen and oxygen atoms in total. The number of hydrogen-bond donors (Lipinski definition) is 1. The van der Waals surface area contributed by atoms with Crippen molar-refractivity contribution < 1.29 is 0 Å². The highest BCUT2D eigenvalue weighted by molar-refractivity contribution is 5.38. The Bertz CT molecular complexity index is 431. The maximum absolute atomic E-state index is 5.48. The predicted octanol–water partition coefficient (Wildman–Crippen LogP) is 0.830. The second kappa shape index (κ2) is 2.69. The molecule has 0 saturated heterocycles. The lowest BCUT2D eigenvalue weighted by Gasteiger charge is -2.02. The van der Waals surface area contributed by atoms with Crippen LogP contribution in [-0.4, -0.2) is 19.6 Å². The van der Waals surface area contributed by atoms with Gasteiger partial charge in [0.05, 0.1) is 18.1 Å². The predicted molar refractivity (Wildman–Crippen MR) is 49.3 cm³/mol. The minimum absolute atomic E-state index is 0.271. The molecule has 0 aliphatic rings. The van der Waals surface area contributed by atoms with Gasteiger partial charge in [-0.3, -0.25) is 0 Å². The molecular formula is C8H11N5. The van der Waals surface area contributed by atoms with Gasteiger partial charge in [0.1, 0.15) is 0 Å². The van der Waals surface area contributed by atoms with E-state index in [1.165, 1.54) is 0 Å². The molecule has 5 heteroatoms. The first kappa shape index (κ1) is 7.97. The monoisotopic (exact) mass is 177 g/mol. The number of hydrogen-bond acceptors (Lipinski definition) is 4. The van der Waals surface area contributed by atoms with Gasteiger partial charge in [0.15, 0.2) is 5.65 Å².